The molecule has 0 bridgehead atoms. The highest BCUT2D eigenvalue weighted by Crippen LogP contribution is 2.28. The molecular weight excluding hydrogens is 2000 g/mol. The van der Waals surface area contributed by atoms with Crippen LogP contribution in [0.3, 0.4) is 0 Å². The number of nitrogens with one attached hydrogen (secondary N) is 18. The van der Waals surface area contributed by atoms with Crippen LogP contribution in [-0.2, 0) is 134 Å². The van der Waals surface area contributed by atoms with E-state index in [2.05, 4.69) is 90.1 Å². The number of amides is 18. The van der Waals surface area contributed by atoms with Gasteiger partial charge in [-0.2, -0.15) is 23.5 Å². The number of nitrogens with two attached hydrogens (primary N) is 2. The van der Waals surface area contributed by atoms with Gasteiger partial charge in [0.05, 0.1) is 13.0 Å². The Hall–Kier alpha value is -15.7. The van der Waals surface area contributed by atoms with Crippen molar-refractivity contribution in [3.05, 3.63) is 102 Å². The smallest absolute Gasteiger partial charge is 0.305 e. The summed E-state index contributed by atoms with van der Waals surface area (Å²) in [7, 11) is 0. The van der Waals surface area contributed by atoms with Crippen LogP contribution in [0.5, 0.6) is 5.75 Å². The Kier molecular flexibility index (Phi) is 48.7. The number of carbonyl (C=O) groups excluding carboxylic acids is 18. The number of hydrogen-bond donors (Lipinski definition) is 27. The molecule has 0 spiro atoms. The Bertz CT molecular complexity index is 5510. The second kappa shape index (κ2) is 60.4. The summed E-state index contributed by atoms with van der Waals surface area (Å²) in [5, 5.41) is 116. The molecule has 1 unspecified atom stereocenters. The number of nitrogens with zero attached hydrogens (tertiary/aromatic N) is 2. The Morgan fingerprint density at radius 1 is 0.423 bits per heavy atom. The Morgan fingerprint density at radius 3 is 1.32 bits per heavy atom. The molecule has 4 heterocycles. The van der Waals surface area contributed by atoms with Crippen LogP contribution in [0, 0.1) is 5.41 Å². The summed E-state index contributed by atoms with van der Waals surface area (Å²) in [6.07, 6.45) is -4.98. The average Bonchev–Trinajstić information content (AvgIpc) is 1.66. The Balaban J connectivity index is 1.04. The SMILES string of the molecule is CSCC[C@H](NC(=O)[C@H](Cc1c[nH]c2ccccc12)NC(=O)CNC(=O)[C@H](Cc1ccc(O)cc1)NC(=O)[C@H](C)NC(=O)[C@H](CCC(=O)O)NC(=O)[C@H](CCC(=O)O)NC(=O)[C@H](CCC(=O)O)NC(=O)[C@H](CCC(=O)O)NC(=O)[C@H](CCC(=O)O)NC(=O)[C@H](CCSC)NC(=O)[C@@H]1CCCN1C(=O)[C@@H]1CCCN1C(=O)C(CCCNC(=N)N)NC(=O)[C@@H]1CCC(=O)N1)C(=O)N[C@@H](CC(=O)O)C(=O)N[C@@H](Cc1ccccc1)C(N)=O. The van der Waals surface area contributed by atoms with Crippen molar-refractivity contribution in [2.45, 2.75) is 258 Å². The van der Waals surface area contributed by atoms with Crippen LogP contribution in [0.1, 0.15) is 158 Å². The molecule has 3 fully saturated rings. The molecule has 16 atom stereocenters. The number of thioether (sulfide) groups is 2. The minimum absolute atomic E-state index is 0.00805. The van der Waals surface area contributed by atoms with Crippen LogP contribution in [0.15, 0.2) is 85.1 Å². The summed E-state index contributed by atoms with van der Waals surface area (Å²) >= 11 is 2.45. The number of hydrogen-bond acceptors (Lipinski definition) is 28. The fourth-order valence-electron chi connectivity index (χ4n) is 16.5. The second-order valence-corrected chi connectivity index (χ2v) is 37.6. The molecule has 0 saturated carbocycles. The monoisotopic (exact) mass is 2120 g/mol. The predicted molar refractivity (Wildman–Crippen MR) is 529 cm³/mol. The number of primary amides is 1. The van der Waals surface area contributed by atoms with E-state index in [1.54, 1.807) is 73.3 Å². The van der Waals surface area contributed by atoms with Gasteiger partial charge < -0.3 is 147 Å². The third-order valence-corrected chi connectivity index (χ3v) is 25.6. The highest BCUT2D eigenvalue weighted by atomic mass is 32.2. The number of carboxylic acid groups (broad SMARTS) is 6. The number of carboxylic acids is 6. The highest BCUT2D eigenvalue weighted by Gasteiger charge is 2.46. The van der Waals surface area contributed by atoms with Gasteiger partial charge in [0.2, 0.25) is 106 Å². The number of aromatic hydroxyl groups is 1. The zero-order valence-electron chi connectivity index (χ0n) is 81.8. The maximum atomic E-state index is 14.7. The lowest BCUT2D eigenvalue weighted by Crippen LogP contribution is -2.60. The number of phenolic OH excluding ortho intramolecular Hbond substituents is 1. The minimum Gasteiger partial charge on any atom is -0.508 e. The number of aromatic amines is 1. The number of H-pyrrole nitrogens is 1. The van der Waals surface area contributed by atoms with Crippen LogP contribution in [0.25, 0.3) is 10.9 Å². The van der Waals surface area contributed by atoms with Crippen LogP contribution >= 0.6 is 23.5 Å². The van der Waals surface area contributed by atoms with Gasteiger partial charge in [-0.25, -0.2) is 0 Å². The van der Waals surface area contributed by atoms with Crippen molar-refractivity contribution in [2.24, 2.45) is 11.5 Å². The van der Waals surface area contributed by atoms with Crippen molar-refractivity contribution in [3.8, 4) is 5.75 Å². The van der Waals surface area contributed by atoms with E-state index in [4.69, 9.17) is 16.9 Å². The maximum absolute atomic E-state index is 14.7. The van der Waals surface area contributed by atoms with E-state index in [-0.39, 0.29) is 125 Å². The average molecular weight is 2130 g/mol. The number of guanidine groups is 1. The fourth-order valence-corrected chi connectivity index (χ4v) is 17.4. The Labute approximate surface area is 861 Å². The third kappa shape index (κ3) is 40.2. The number of aromatic nitrogens is 1. The molecule has 3 saturated heterocycles. The molecule has 4 aromatic rings. The van der Waals surface area contributed by atoms with Crippen LogP contribution in [-0.4, -0.2) is 345 Å². The molecule has 18 amide bonds. The number of fused-ring (bicyclic) bond motifs is 1. The summed E-state index contributed by atoms with van der Waals surface area (Å²) in [5.74, 6) is -28.6. The van der Waals surface area contributed by atoms with E-state index in [9.17, 15) is 151 Å². The molecule has 53 nitrogen and oxygen atoms in total. The van der Waals surface area contributed by atoms with Crippen molar-refractivity contribution in [1.29, 1.82) is 5.41 Å². The molecule has 1 aromatic heterocycles. The number of aliphatic carboxylic acids is 6. The molecule has 29 N–H and O–H groups in total. The maximum Gasteiger partial charge on any atom is 0.305 e. The second-order valence-electron chi connectivity index (χ2n) is 35.6. The van der Waals surface area contributed by atoms with Gasteiger partial charge in [-0.1, -0.05) is 60.7 Å². The topological polar surface area (TPSA) is 842 Å². The van der Waals surface area contributed by atoms with E-state index in [0.717, 1.165) is 6.92 Å². The van der Waals surface area contributed by atoms with Crippen LogP contribution in [0.2, 0.25) is 0 Å². The molecule has 55 heteroatoms. The van der Waals surface area contributed by atoms with E-state index in [0.29, 0.717) is 28.5 Å². The van der Waals surface area contributed by atoms with Gasteiger partial charge in [0, 0.05) is 94.5 Å². The number of likely N-dealkylation sites (tertiary alicyclic amines) is 2. The van der Waals surface area contributed by atoms with Crippen LogP contribution < -0.4 is 96.5 Å². The molecule has 0 radical (unpaired) electrons. The minimum atomic E-state index is -2.14. The van der Waals surface area contributed by atoms with Gasteiger partial charge in [-0.05, 0) is 156 Å². The van der Waals surface area contributed by atoms with Gasteiger partial charge in [0.15, 0.2) is 5.96 Å². The molecule has 0 aliphatic carbocycles. The van der Waals surface area contributed by atoms with Gasteiger partial charge >= 0.3 is 35.8 Å². The number of para-hydroxylation sites is 1. The molecule has 149 heavy (non-hydrogen) atoms. The van der Waals surface area contributed by atoms with Crippen molar-refractivity contribution in [3.63, 3.8) is 0 Å². The van der Waals surface area contributed by atoms with E-state index >= 15 is 0 Å². The predicted octanol–water partition coefficient (Wildman–Crippen LogP) is -5.35. The molecule has 3 aliphatic rings. The summed E-state index contributed by atoms with van der Waals surface area (Å²) in [4.78, 5) is 333. The zero-order chi connectivity index (χ0) is 110. The van der Waals surface area contributed by atoms with E-state index in [1.807, 2.05) is 0 Å². The first-order chi connectivity index (χ1) is 70.7. The highest BCUT2D eigenvalue weighted by molar-refractivity contribution is 7.98. The van der Waals surface area contributed by atoms with Crippen molar-refractivity contribution in [1.82, 2.24) is 99.9 Å². The largest absolute Gasteiger partial charge is 0.508 e. The number of rotatable bonds is 64. The quantitative estimate of drug-likeness (QED) is 0.0111. The first kappa shape index (κ1) is 120. The number of benzene rings is 3. The van der Waals surface area contributed by atoms with E-state index < -0.39 is 317 Å². The van der Waals surface area contributed by atoms with Gasteiger partial charge in [0.25, 0.3) is 0 Å². The van der Waals surface area contributed by atoms with Gasteiger partial charge in [-0.15, -0.1) is 0 Å². The lowest BCUT2D eigenvalue weighted by Gasteiger charge is -2.33. The van der Waals surface area contributed by atoms with Crippen molar-refractivity contribution < 1.29 is 151 Å². The summed E-state index contributed by atoms with van der Waals surface area (Å²) in [5.41, 5.74) is 13.0. The molecular formula is C94H128N22O31S2. The molecule has 7 rings (SSSR count). The zero-order valence-corrected chi connectivity index (χ0v) is 83.5. The normalized spacial score (nSPS) is 16.7. The molecule has 812 valence electrons. The first-order valence-electron chi connectivity index (χ1n) is 47.9. The van der Waals surface area contributed by atoms with Crippen molar-refractivity contribution >= 4 is 183 Å². The molecule has 3 aliphatic heterocycles. The first-order valence-corrected chi connectivity index (χ1v) is 50.7. The summed E-state index contributed by atoms with van der Waals surface area (Å²) in [6.45, 7) is 0.316. The lowest BCUT2D eigenvalue weighted by molar-refractivity contribution is -0.148. The van der Waals surface area contributed by atoms with Crippen molar-refractivity contribution in [2.75, 3.05) is 50.2 Å². The van der Waals surface area contributed by atoms with Gasteiger partial charge in [0.1, 0.15) is 102 Å². The lowest BCUT2D eigenvalue weighted by atomic mass is 10.0. The summed E-state index contributed by atoms with van der Waals surface area (Å²) < 4.78 is 0. The van der Waals surface area contributed by atoms with E-state index in [1.165, 1.54) is 57.6 Å². The fraction of sp³-hybridized carbons (Fsp3) is 0.521. The van der Waals surface area contributed by atoms with Crippen LogP contribution in [0.4, 0.5) is 0 Å². The number of phenols is 1. The standard InChI is InChI=1S/C94H128N22O31S2/c1-48(79(133)113-65(43-50-19-21-52(117)22-20-50)80(134)100-47-71(119)103-66(44-51-46-99-54-15-8-7-14-53(51)54)89(143)109-61(35-40-148-2)88(142)114-67(45-77(130)131)90(144)112-64(78(95)132)42-49-12-5-4-6-13-49)101-81(135)56(24-30-72(120)121)104-83(137)57(25-31-73(122)123)105-84(138)58(26-32-74(124)125)106-85(139)59(27-33-75(126)127)107-86(140)60(28-34-76(128)129)108-87(141)62(36-41-149-3)110-91(145)68-17-10-38-115(68)93(147)69-18-11-39-116(69)92(146)63(16-9-37-98-94(96)97)111-82(136)55-23-29-70(118)102-55/h4-8,12-15,19-22,46,48,55-69,99,117H,9-11,16-18,23-45,47H2,1-3H3,(H2,95,132)(H,100,134)(H,101,135)(H,102,118)(H,103,119)(H,104,137)(H,105,138)(H,106,139)(H,107,140)(H,108,141)(H,109,143)(H,110,145)(H,111,136)(H,112,144)(H,113,133)(H,114,142)(H,120,121)(H,122,123)(H,124,125)(H,126,127)(H,128,129)(H,130,131)(H4,96,97,98)/t48-,55-,56-,57-,58-,59-,60-,61-,62-,63?,64-,65-,66-,67-,68-,69-/m0/s1. The Morgan fingerprint density at radius 2 is 0.839 bits per heavy atom. The van der Waals surface area contributed by atoms with Gasteiger partial charge in [-0.3, -0.25) is 120 Å². The number of carbonyl (C=O) groups is 24. The molecule has 3 aromatic carbocycles. The third-order valence-electron chi connectivity index (χ3n) is 24.3. The summed E-state index contributed by atoms with van der Waals surface area (Å²) in [6, 6.07) is -5.92.